The first kappa shape index (κ1) is 32.0. The van der Waals surface area contributed by atoms with Crippen molar-refractivity contribution in [2.45, 2.75) is 62.3 Å². The zero-order valence-electron chi connectivity index (χ0n) is 25.0. The zero-order chi connectivity index (χ0) is 31.3. The summed E-state index contributed by atoms with van der Waals surface area (Å²) in [4.78, 5) is 2.64. The molecule has 8 nitrogen and oxygen atoms in total. The second-order valence-corrected chi connectivity index (χ2v) is 13.3. The van der Waals surface area contributed by atoms with Crippen LogP contribution in [0.1, 0.15) is 38.3 Å². The molecular weight excluding hydrogens is 593 g/mol. The summed E-state index contributed by atoms with van der Waals surface area (Å²) in [6.45, 7) is 4.58. The van der Waals surface area contributed by atoms with Crippen molar-refractivity contribution in [3.05, 3.63) is 48.2 Å². The lowest BCUT2D eigenvalue weighted by Gasteiger charge is -2.39. The lowest BCUT2D eigenvalue weighted by atomic mass is 9.89. The molecule has 44 heavy (non-hydrogen) atoms. The molecule has 12 heteroatoms. The number of benzene rings is 2. The summed E-state index contributed by atoms with van der Waals surface area (Å²) < 4.78 is 77.2. The fraction of sp³-hybridized carbons (Fsp3) is 0.500. The Morgan fingerprint density at radius 1 is 1.05 bits per heavy atom. The molecule has 1 aliphatic heterocycles. The van der Waals surface area contributed by atoms with Crippen LogP contribution in [-0.2, 0) is 21.1 Å². The number of nitrogens with zero attached hydrogens (tertiary/aromatic N) is 2. The van der Waals surface area contributed by atoms with Gasteiger partial charge in [0.15, 0.2) is 9.84 Å². The van der Waals surface area contributed by atoms with Crippen LogP contribution in [0.2, 0.25) is 0 Å². The number of nitrogens with one attached hydrogen (secondary N) is 2. The monoisotopic (exact) mass is 632 g/mol. The van der Waals surface area contributed by atoms with E-state index in [4.69, 9.17) is 9.47 Å². The molecule has 0 amide bonds. The number of fused-ring (bicyclic) bond motifs is 1. The van der Waals surface area contributed by atoms with E-state index in [1.165, 1.54) is 16.7 Å². The molecule has 238 valence electrons. The number of halogens is 3. The minimum Gasteiger partial charge on any atom is -0.492 e. The first-order valence-corrected chi connectivity index (χ1v) is 16.9. The lowest BCUT2D eigenvalue weighted by molar-refractivity contribution is -0.140. The van der Waals surface area contributed by atoms with Crippen LogP contribution in [0.15, 0.2) is 47.4 Å². The quantitative estimate of drug-likeness (QED) is 0.301. The summed E-state index contributed by atoms with van der Waals surface area (Å²) in [6, 6.07) is 12.4. The Labute approximate surface area is 256 Å². The normalized spacial score (nSPS) is 19.8. The largest absolute Gasteiger partial charge is 0.492 e. The summed E-state index contributed by atoms with van der Waals surface area (Å²) in [5.41, 5.74) is 2.09. The van der Waals surface area contributed by atoms with E-state index in [9.17, 15) is 21.6 Å². The fourth-order valence-corrected chi connectivity index (χ4v) is 6.68. The smallest absolute Gasteiger partial charge is 0.406 e. The maximum absolute atomic E-state index is 13.7. The van der Waals surface area contributed by atoms with Gasteiger partial charge >= 0.3 is 6.18 Å². The van der Waals surface area contributed by atoms with Crippen molar-refractivity contribution in [3.8, 4) is 17.6 Å². The molecule has 3 aromatic rings. The minimum absolute atomic E-state index is 0.114. The number of alkyl halides is 3. The van der Waals surface area contributed by atoms with Gasteiger partial charge in [-0.05, 0) is 68.9 Å². The van der Waals surface area contributed by atoms with E-state index in [-0.39, 0.29) is 23.2 Å². The fourth-order valence-electron chi connectivity index (χ4n) is 6.04. The summed E-state index contributed by atoms with van der Waals surface area (Å²) in [6.07, 6.45) is 0.844. The molecule has 0 unspecified atom stereocenters. The number of sulfone groups is 1. The van der Waals surface area contributed by atoms with Crippen molar-refractivity contribution in [3.63, 3.8) is 0 Å². The van der Waals surface area contributed by atoms with Crippen molar-refractivity contribution in [1.29, 1.82) is 0 Å². The Balaban J connectivity index is 1.33. The van der Waals surface area contributed by atoms with Crippen molar-refractivity contribution in [1.82, 2.24) is 9.47 Å². The third-order valence-corrected chi connectivity index (χ3v) is 9.28. The standard InChI is InChI=1S/C32H39F3N4O4S/c1-3-43-31-21-26(44(2,40)41)13-14-29(31)36-15-5-6-25-20-27-28(7-4-8-30(27)39(25)22-32(33,34)35)37-23-9-11-24(12-10-23)38-16-18-42-19-17-38/h4,7-8,13-14,20-21,23-24,36-37H,3,9-12,15-19,22H2,1-2H3/t23-,24+. The van der Waals surface area contributed by atoms with Gasteiger partial charge in [-0.25, -0.2) is 8.42 Å². The second-order valence-electron chi connectivity index (χ2n) is 11.3. The second kappa shape index (κ2) is 13.7. The third kappa shape index (κ3) is 8.00. The third-order valence-electron chi connectivity index (χ3n) is 8.17. The van der Waals surface area contributed by atoms with Gasteiger partial charge in [0, 0.05) is 48.6 Å². The molecule has 0 radical (unpaired) electrons. The average molecular weight is 633 g/mol. The van der Waals surface area contributed by atoms with Crippen molar-refractivity contribution in [2.75, 3.05) is 56.3 Å². The van der Waals surface area contributed by atoms with E-state index in [0.717, 1.165) is 63.9 Å². The zero-order valence-corrected chi connectivity index (χ0v) is 25.9. The van der Waals surface area contributed by atoms with E-state index in [2.05, 4.69) is 27.4 Å². The molecule has 2 N–H and O–H groups in total. The van der Waals surface area contributed by atoms with Crippen molar-refractivity contribution < 1.29 is 31.1 Å². The van der Waals surface area contributed by atoms with Crippen LogP contribution >= 0.6 is 0 Å². The highest BCUT2D eigenvalue weighted by atomic mass is 32.2. The van der Waals surface area contributed by atoms with Crippen LogP contribution < -0.4 is 15.4 Å². The maximum atomic E-state index is 13.7. The molecule has 2 fully saturated rings. The molecule has 1 saturated heterocycles. The predicted octanol–water partition coefficient (Wildman–Crippen LogP) is 5.52. The Hall–Kier alpha value is -3.40. The Morgan fingerprint density at radius 2 is 1.80 bits per heavy atom. The van der Waals surface area contributed by atoms with Gasteiger partial charge in [0.05, 0.1) is 48.2 Å². The van der Waals surface area contributed by atoms with Gasteiger partial charge in [-0.15, -0.1) is 0 Å². The van der Waals surface area contributed by atoms with Crippen LogP contribution in [0.25, 0.3) is 10.9 Å². The van der Waals surface area contributed by atoms with Gasteiger partial charge in [0.25, 0.3) is 0 Å². The van der Waals surface area contributed by atoms with Gasteiger partial charge in [-0.3, -0.25) is 4.90 Å². The van der Waals surface area contributed by atoms with E-state index in [1.807, 2.05) is 6.07 Å². The Kier molecular flexibility index (Phi) is 9.97. The molecule has 1 aromatic heterocycles. The number of ether oxygens (including phenoxy) is 2. The molecule has 0 spiro atoms. The summed E-state index contributed by atoms with van der Waals surface area (Å²) in [5, 5.41) is 7.42. The molecular formula is C32H39F3N4O4S. The van der Waals surface area contributed by atoms with Crippen LogP contribution in [0.4, 0.5) is 24.5 Å². The number of anilines is 2. The van der Waals surface area contributed by atoms with E-state index in [1.54, 1.807) is 31.2 Å². The highest BCUT2D eigenvalue weighted by Crippen LogP contribution is 2.33. The van der Waals surface area contributed by atoms with Crippen LogP contribution in [0.3, 0.4) is 0 Å². The number of hydrogen-bond donors (Lipinski definition) is 2. The topological polar surface area (TPSA) is 84.8 Å². The van der Waals surface area contributed by atoms with Gasteiger partial charge < -0.3 is 24.7 Å². The number of rotatable bonds is 9. The summed E-state index contributed by atoms with van der Waals surface area (Å²) in [7, 11) is -3.42. The lowest BCUT2D eigenvalue weighted by Crippen LogP contribution is -2.46. The molecule has 5 rings (SSSR count). The van der Waals surface area contributed by atoms with Gasteiger partial charge in [-0.1, -0.05) is 12.0 Å². The van der Waals surface area contributed by atoms with Crippen molar-refractivity contribution >= 4 is 32.1 Å². The summed E-state index contributed by atoms with van der Waals surface area (Å²) >= 11 is 0. The van der Waals surface area contributed by atoms with E-state index >= 15 is 0 Å². The highest BCUT2D eigenvalue weighted by Gasteiger charge is 2.31. The highest BCUT2D eigenvalue weighted by molar-refractivity contribution is 7.90. The van der Waals surface area contributed by atoms with E-state index < -0.39 is 22.6 Å². The molecule has 1 saturated carbocycles. The maximum Gasteiger partial charge on any atom is 0.406 e. The van der Waals surface area contributed by atoms with Gasteiger partial charge in [0.1, 0.15) is 12.3 Å². The molecule has 0 atom stereocenters. The molecule has 2 heterocycles. The van der Waals surface area contributed by atoms with Gasteiger partial charge in [0.2, 0.25) is 0 Å². The molecule has 1 aliphatic carbocycles. The number of hydrogen-bond acceptors (Lipinski definition) is 7. The van der Waals surface area contributed by atoms with Crippen molar-refractivity contribution in [2.24, 2.45) is 0 Å². The predicted molar refractivity (Wildman–Crippen MR) is 166 cm³/mol. The number of aromatic nitrogens is 1. The molecule has 2 aromatic carbocycles. The summed E-state index contributed by atoms with van der Waals surface area (Å²) in [5.74, 6) is 6.22. The SMILES string of the molecule is CCOc1cc(S(C)(=O)=O)ccc1NCC#Cc1cc2c(N[C@H]3CC[C@@H](N4CCOCC4)CC3)cccc2n1CC(F)(F)F. The minimum atomic E-state index is -4.42. The average Bonchev–Trinajstić information content (AvgIpc) is 3.33. The first-order chi connectivity index (χ1) is 21.0. The van der Waals surface area contributed by atoms with Crippen LogP contribution in [0.5, 0.6) is 5.75 Å². The van der Waals surface area contributed by atoms with E-state index in [0.29, 0.717) is 35.0 Å². The Morgan fingerprint density at radius 3 is 2.48 bits per heavy atom. The molecule has 2 aliphatic rings. The Bertz CT molecular complexity index is 1610. The van der Waals surface area contributed by atoms with Gasteiger partial charge in [-0.2, -0.15) is 13.2 Å². The number of morpholine rings is 1. The van der Waals surface area contributed by atoms with Crippen LogP contribution in [-0.4, -0.2) is 81.9 Å². The first-order valence-electron chi connectivity index (χ1n) is 15.0. The van der Waals surface area contributed by atoms with Crippen LogP contribution in [0, 0.1) is 11.8 Å². The molecule has 0 bridgehead atoms.